The normalized spacial score (nSPS) is 13.5. The molecule has 3 amide bonds. The first-order valence-electron chi connectivity index (χ1n) is 8.10. The van der Waals surface area contributed by atoms with E-state index in [4.69, 9.17) is 0 Å². The summed E-state index contributed by atoms with van der Waals surface area (Å²) in [6.45, 7) is 4.60. The Labute approximate surface area is 145 Å². The van der Waals surface area contributed by atoms with E-state index in [1.807, 2.05) is 54.5 Å². The molecule has 5 nitrogen and oxygen atoms in total. The highest BCUT2D eigenvalue weighted by Crippen LogP contribution is 2.30. The molecule has 2 N–H and O–H groups in total. The van der Waals surface area contributed by atoms with Gasteiger partial charge in [-0.05, 0) is 54.1 Å². The Hall–Kier alpha value is -2.34. The maximum Gasteiger partial charge on any atom is 0.324 e. The Morgan fingerprint density at radius 1 is 1.21 bits per heavy atom. The van der Waals surface area contributed by atoms with E-state index in [-0.39, 0.29) is 17.9 Å². The summed E-state index contributed by atoms with van der Waals surface area (Å²) in [4.78, 5) is 26.2. The van der Waals surface area contributed by atoms with Crippen LogP contribution in [-0.4, -0.2) is 18.5 Å². The van der Waals surface area contributed by atoms with Gasteiger partial charge >= 0.3 is 6.03 Å². The summed E-state index contributed by atoms with van der Waals surface area (Å²) in [5.41, 5.74) is 2.80. The smallest absolute Gasteiger partial charge is 0.312 e. The fraction of sp³-hybridized carbons (Fsp3) is 0.333. The SMILES string of the molecule is CC(C)C(=O)N1CCCc2cc(NC(=O)Nc3cccs3)ccc21. The van der Waals surface area contributed by atoms with Crippen molar-refractivity contribution < 1.29 is 9.59 Å². The van der Waals surface area contributed by atoms with Gasteiger partial charge in [-0.3, -0.25) is 10.1 Å². The van der Waals surface area contributed by atoms with E-state index in [9.17, 15) is 9.59 Å². The highest BCUT2D eigenvalue weighted by atomic mass is 32.1. The molecule has 0 radical (unpaired) electrons. The molecule has 2 aromatic rings. The van der Waals surface area contributed by atoms with Gasteiger partial charge in [0, 0.05) is 23.8 Å². The summed E-state index contributed by atoms with van der Waals surface area (Å²) < 4.78 is 0. The van der Waals surface area contributed by atoms with Crippen LogP contribution in [0.15, 0.2) is 35.7 Å². The van der Waals surface area contributed by atoms with E-state index in [0.29, 0.717) is 0 Å². The van der Waals surface area contributed by atoms with E-state index >= 15 is 0 Å². The number of benzene rings is 1. The molecular weight excluding hydrogens is 322 g/mol. The molecule has 0 aliphatic carbocycles. The number of nitrogens with zero attached hydrogens (tertiary/aromatic N) is 1. The van der Waals surface area contributed by atoms with Gasteiger partial charge in [0.2, 0.25) is 5.91 Å². The highest BCUT2D eigenvalue weighted by molar-refractivity contribution is 7.14. The van der Waals surface area contributed by atoms with Crippen LogP contribution in [0.25, 0.3) is 0 Å². The first kappa shape index (κ1) is 16.5. The van der Waals surface area contributed by atoms with Gasteiger partial charge in [-0.15, -0.1) is 11.3 Å². The molecule has 0 bridgehead atoms. The van der Waals surface area contributed by atoms with Gasteiger partial charge in [-0.1, -0.05) is 13.8 Å². The number of carbonyl (C=O) groups excluding carboxylic acids is 2. The Morgan fingerprint density at radius 2 is 2.04 bits per heavy atom. The van der Waals surface area contributed by atoms with Crippen LogP contribution < -0.4 is 15.5 Å². The average molecular weight is 343 g/mol. The van der Waals surface area contributed by atoms with Gasteiger partial charge in [0.25, 0.3) is 0 Å². The number of fused-ring (bicyclic) bond motifs is 1. The third kappa shape index (κ3) is 3.59. The predicted molar refractivity (Wildman–Crippen MR) is 98.9 cm³/mol. The second-order valence-corrected chi connectivity index (χ2v) is 7.10. The molecule has 1 aromatic carbocycles. The molecule has 3 rings (SSSR count). The molecule has 0 atom stereocenters. The Balaban J connectivity index is 1.74. The fourth-order valence-electron chi connectivity index (χ4n) is 2.84. The van der Waals surface area contributed by atoms with Crippen molar-refractivity contribution in [3.8, 4) is 0 Å². The number of thiophene rings is 1. The number of nitrogens with one attached hydrogen (secondary N) is 2. The standard InChI is InChI=1S/C18H21N3O2S/c1-12(2)17(22)21-9-3-5-13-11-14(7-8-15(13)21)19-18(23)20-16-6-4-10-24-16/h4,6-8,10-12H,3,5,9H2,1-2H3,(H2,19,20,23). The van der Waals surface area contributed by atoms with E-state index in [1.54, 1.807) is 0 Å². The molecule has 0 spiro atoms. The van der Waals surface area contributed by atoms with Crippen molar-refractivity contribution in [3.63, 3.8) is 0 Å². The van der Waals surface area contributed by atoms with Gasteiger partial charge in [0.15, 0.2) is 0 Å². The summed E-state index contributed by atoms with van der Waals surface area (Å²) in [6, 6.07) is 9.21. The van der Waals surface area contributed by atoms with Crippen molar-refractivity contribution >= 4 is 39.7 Å². The highest BCUT2D eigenvalue weighted by Gasteiger charge is 2.24. The molecule has 2 heterocycles. The Kier molecular flexibility index (Phi) is 4.85. The van der Waals surface area contributed by atoms with Gasteiger partial charge in [0.05, 0.1) is 5.00 Å². The lowest BCUT2D eigenvalue weighted by Gasteiger charge is -2.31. The lowest BCUT2D eigenvalue weighted by Crippen LogP contribution is -2.38. The molecule has 24 heavy (non-hydrogen) atoms. The number of hydrogen-bond donors (Lipinski definition) is 2. The second kappa shape index (κ2) is 7.05. The molecular formula is C18H21N3O2S. The van der Waals surface area contributed by atoms with Crippen LogP contribution >= 0.6 is 11.3 Å². The van der Waals surface area contributed by atoms with Crippen LogP contribution in [0.5, 0.6) is 0 Å². The largest absolute Gasteiger partial charge is 0.324 e. The summed E-state index contributed by atoms with van der Waals surface area (Å²) in [5, 5.41) is 8.36. The molecule has 0 fully saturated rings. The van der Waals surface area contributed by atoms with Crippen LogP contribution in [0, 0.1) is 5.92 Å². The number of hydrogen-bond acceptors (Lipinski definition) is 3. The topological polar surface area (TPSA) is 61.4 Å². The van der Waals surface area contributed by atoms with Crippen LogP contribution in [-0.2, 0) is 11.2 Å². The maximum absolute atomic E-state index is 12.3. The minimum absolute atomic E-state index is 0.0228. The molecule has 1 aliphatic rings. The Bertz CT molecular complexity index is 741. The maximum atomic E-state index is 12.3. The second-order valence-electron chi connectivity index (χ2n) is 6.15. The Morgan fingerprint density at radius 3 is 2.75 bits per heavy atom. The first-order chi connectivity index (χ1) is 11.5. The summed E-state index contributed by atoms with van der Waals surface area (Å²) in [5.74, 6) is 0.123. The van der Waals surface area contributed by atoms with Crippen molar-refractivity contribution in [2.75, 3.05) is 22.1 Å². The fourth-order valence-corrected chi connectivity index (χ4v) is 3.45. The van der Waals surface area contributed by atoms with Gasteiger partial charge in [-0.2, -0.15) is 0 Å². The van der Waals surface area contributed by atoms with Gasteiger partial charge in [0.1, 0.15) is 0 Å². The molecule has 0 unspecified atom stereocenters. The zero-order valence-electron chi connectivity index (χ0n) is 13.8. The zero-order valence-corrected chi connectivity index (χ0v) is 14.7. The average Bonchev–Trinajstić information content (AvgIpc) is 3.06. The van der Waals surface area contributed by atoms with Crippen molar-refractivity contribution in [3.05, 3.63) is 41.3 Å². The van der Waals surface area contributed by atoms with Gasteiger partial charge < -0.3 is 10.2 Å². The lowest BCUT2D eigenvalue weighted by molar-refractivity contribution is -0.121. The molecule has 0 saturated heterocycles. The minimum Gasteiger partial charge on any atom is -0.312 e. The predicted octanol–water partition coefficient (Wildman–Crippen LogP) is 4.33. The van der Waals surface area contributed by atoms with Gasteiger partial charge in [-0.25, -0.2) is 4.79 Å². The van der Waals surface area contributed by atoms with Crippen LogP contribution in [0.3, 0.4) is 0 Å². The zero-order chi connectivity index (χ0) is 17.1. The summed E-state index contributed by atoms with van der Waals surface area (Å²) >= 11 is 1.47. The van der Waals surface area contributed by atoms with Crippen molar-refractivity contribution in [1.29, 1.82) is 0 Å². The lowest BCUT2D eigenvalue weighted by atomic mass is 9.99. The number of amides is 3. The molecule has 1 aromatic heterocycles. The third-order valence-electron chi connectivity index (χ3n) is 3.97. The quantitative estimate of drug-likeness (QED) is 0.871. The number of anilines is 3. The van der Waals surface area contributed by atoms with E-state index in [1.165, 1.54) is 11.3 Å². The minimum atomic E-state index is -0.261. The number of aryl methyl sites for hydroxylation is 1. The van der Waals surface area contributed by atoms with E-state index < -0.39 is 0 Å². The monoisotopic (exact) mass is 343 g/mol. The van der Waals surface area contributed by atoms with Crippen molar-refractivity contribution in [2.45, 2.75) is 26.7 Å². The number of rotatable bonds is 3. The third-order valence-corrected chi connectivity index (χ3v) is 4.76. The molecule has 126 valence electrons. The first-order valence-corrected chi connectivity index (χ1v) is 8.98. The van der Waals surface area contributed by atoms with Crippen LogP contribution in [0.1, 0.15) is 25.8 Å². The van der Waals surface area contributed by atoms with E-state index in [2.05, 4.69) is 10.6 Å². The molecule has 0 saturated carbocycles. The van der Waals surface area contributed by atoms with Crippen LogP contribution in [0.4, 0.5) is 21.2 Å². The number of carbonyl (C=O) groups is 2. The summed E-state index contributed by atoms with van der Waals surface area (Å²) in [6.07, 6.45) is 1.86. The van der Waals surface area contributed by atoms with Crippen molar-refractivity contribution in [2.24, 2.45) is 5.92 Å². The van der Waals surface area contributed by atoms with Crippen LogP contribution in [0.2, 0.25) is 0 Å². The number of urea groups is 1. The molecule has 1 aliphatic heterocycles. The molecule has 6 heteroatoms. The van der Waals surface area contributed by atoms with Crippen molar-refractivity contribution in [1.82, 2.24) is 0 Å². The summed E-state index contributed by atoms with van der Waals surface area (Å²) in [7, 11) is 0. The van der Waals surface area contributed by atoms with E-state index in [0.717, 1.165) is 41.3 Å².